The van der Waals surface area contributed by atoms with Crippen molar-refractivity contribution in [3.05, 3.63) is 24.2 Å². The van der Waals surface area contributed by atoms with E-state index in [-0.39, 0.29) is 12.5 Å². The molecule has 0 aliphatic rings. The van der Waals surface area contributed by atoms with E-state index in [4.69, 9.17) is 9.52 Å². The predicted octanol–water partition coefficient (Wildman–Crippen LogP) is 1.38. The molecule has 0 unspecified atom stereocenters. The Morgan fingerprint density at radius 2 is 2.00 bits per heavy atom. The van der Waals surface area contributed by atoms with Gasteiger partial charge in [0.2, 0.25) is 0 Å². The number of furan rings is 1. The standard InChI is InChI=1S/C12H18N2O4/c15-11(16)5-1-2-7-13-12(17)14-8-6-10-4-3-9-18-10/h3-4,9H,1-2,5-8H2,(H,15,16)(H2,13,14,17). The van der Waals surface area contributed by atoms with Crippen molar-refractivity contribution in [2.75, 3.05) is 13.1 Å². The Morgan fingerprint density at radius 3 is 2.67 bits per heavy atom. The van der Waals surface area contributed by atoms with Crippen molar-refractivity contribution in [2.45, 2.75) is 25.7 Å². The summed E-state index contributed by atoms with van der Waals surface area (Å²) < 4.78 is 5.12. The minimum Gasteiger partial charge on any atom is -0.481 e. The topological polar surface area (TPSA) is 91.6 Å². The van der Waals surface area contributed by atoms with Crippen LogP contribution < -0.4 is 10.6 Å². The van der Waals surface area contributed by atoms with Crippen LogP contribution in [-0.2, 0) is 11.2 Å². The summed E-state index contributed by atoms with van der Waals surface area (Å²) in [6.07, 6.45) is 3.62. The summed E-state index contributed by atoms with van der Waals surface area (Å²) in [5, 5.41) is 13.8. The molecule has 0 aliphatic heterocycles. The van der Waals surface area contributed by atoms with E-state index in [2.05, 4.69) is 10.6 Å². The molecule has 6 nitrogen and oxygen atoms in total. The molecule has 0 saturated carbocycles. The van der Waals surface area contributed by atoms with E-state index in [1.807, 2.05) is 6.07 Å². The average Bonchev–Trinajstić information content (AvgIpc) is 2.81. The van der Waals surface area contributed by atoms with Crippen LogP contribution in [0, 0.1) is 0 Å². The first-order valence-electron chi connectivity index (χ1n) is 5.94. The first kappa shape index (κ1) is 14.1. The zero-order chi connectivity index (χ0) is 13.2. The number of carbonyl (C=O) groups is 2. The maximum Gasteiger partial charge on any atom is 0.314 e. The summed E-state index contributed by atoms with van der Waals surface area (Å²) in [4.78, 5) is 21.5. The van der Waals surface area contributed by atoms with Gasteiger partial charge in [-0.15, -0.1) is 0 Å². The number of unbranched alkanes of at least 4 members (excludes halogenated alkanes) is 1. The predicted molar refractivity (Wildman–Crippen MR) is 65.3 cm³/mol. The highest BCUT2D eigenvalue weighted by Crippen LogP contribution is 1.99. The van der Waals surface area contributed by atoms with Gasteiger partial charge in [0.1, 0.15) is 5.76 Å². The number of rotatable bonds is 8. The molecule has 0 fully saturated rings. The number of hydrogen-bond donors (Lipinski definition) is 3. The Kier molecular flexibility index (Phi) is 6.38. The van der Waals surface area contributed by atoms with Crippen molar-refractivity contribution >= 4 is 12.0 Å². The lowest BCUT2D eigenvalue weighted by atomic mass is 10.2. The van der Waals surface area contributed by atoms with E-state index in [1.165, 1.54) is 0 Å². The third-order valence-corrected chi connectivity index (χ3v) is 2.34. The molecule has 1 rings (SSSR count). The van der Waals surface area contributed by atoms with Gasteiger partial charge < -0.3 is 20.2 Å². The first-order valence-corrected chi connectivity index (χ1v) is 5.94. The second-order valence-electron chi connectivity index (χ2n) is 3.86. The largest absolute Gasteiger partial charge is 0.481 e. The summed E-state index contributed by atoms with van der Waals surface area (Å²) in [5.41, 5.74) is 0. The molecule has 1 heterocycles. The van der Waals surface area contributed by atoms with Gasteiger partial charge in [-0.25, -0.2) is 4.79 Å². The molecule has 100 valence electrons. The average molecular weight is 254 g/mol. The summed E-state index contributed by atoms with van der Waals surface area (Å²) >= 11 is 0. The van der Waals surface area contributed by atoms with Gasteiger partial charge in [-0.2, -0.15) is 0 Å². The summed E-state index contributed by atoms with van der Waals surface area (Å²) in [7, 11) is 0. The molecule has 0 atom stereocenters. The molecule has 18 heavy (non-hydrogen) atoms. The molecule has 0 aliphatic carbocycles. The van der Waals surface area contributed by atoms with Crippen LogP contribution in [0.3, 0.4) is 0 Å². The quantitative estimate of drug-likeness (QED) is 0.611. The van der Waals surface area contributed by atoms with Gasteiger partial charge in [0, 0.05) is 25.9 Å². The zero-order valence-electron chi connectivity index (χ0n) is 10.1. The Hall–Kier alpha value is -1.98. The lowest BCUT2D eigenvalue weighted by molar-refractivity contribution is -0.137. The Morgan fingerprint density at radius 1 is 1.22 bits per heavy atom. The van der Waals surface area contributed by atoms with Crippen LogP contribution in [0.4, 0.5) is 4.79 Å². The van der Waals surface area contributed by atoms with E-state index in [0.29, 0.717) is 32.4 Å². The Labute approximate surface area is 105 Å². The minimum atomic E-state index is -0.808. The summed E-state index contributed by atoms with van der Waals surface area (Å²) in [5.74, 6) is 0.0228. The number of urea groups is 1. The number of aliphatic carboxylic acids is 1. The van der Waals surface area contributed by atoms with Gasteiger partial charge in [0.05, 0.1) is 6.26 Å². The molecule has 0 spiro atoms. The molecule has 0 aromatic carbocycles. The molecule has 0 bridgehead atoms. The van der Waals surface area contributed by atoms with Gasteiger partial charge in [-0.1, -0.05) is 0 Å². The maximum absolute atomic E-state index is 11.3. The third-order valence-electron chi connectivity index (χ3n) is 2.34. The maximum atomic E-state index is 11.3. The smallest absolute Gasteiger partial charge is 0.314 e. The van der Waals surface area contributed by atoms with Gasteiger partial charge in [-0.05, 0) is 25.0 Å². The molecular weight excluding hydrogens is 236 g/mol. The molecule has 1 aromatic heterocycles. The highest BCUT2D eigenvalue weighted by molar-refractivity contribution is 5.73. The van der Waals surface area contributed by atoms with E-state index < -0.39 is 5.97 Å². The lowest BCUT2D eigenvalue weighted by Crippen LogP contribution is -2.37. The molecular formula is C12H18N2O4. The van der Waals surface area contributed by atoms with E-state index in [0.717, 1.165) is 5.76 Å². The fourth-order valence-corrected chi connectivity index (χ4v) is 1.42. The molecule has 0 saturated heterocycles. The van der Waals surface area contributed by atoms with E-state index >= 15 is 0 Å². The van der Waals surface area contributed by atoms with Gasteiger partial charge in [0.15, 0.2) is 0 Å². The second kappa shape index (κ2) is 8.16. The van der Waals surface area contributed by atoms with Crippen molar-refractivity contribution in [1.82, 2.24) is 10.6 Å². The van der Waals surface area contributed by atoms with Crippen LogP contribution in [-0.4, -0.2) is 30.2 Å². The van der Waals surface area contributed by atoms with Crippen molar-refractivity contribution in [1.29, 1.82) is 0 Å². The van der Waals surface area contributed by atoms with Crippen LogP contribution in [0.25, 0.3) is 0 Å². The normalized spacial score (nSPS) is 10.0. The molecule has 1 aromatic rings. The monoisotopic (exact) mass is 254 g/mol. The van der Waals surface area contributed by atoms with Gasteiger partial charge >= 0.3 is 12.0 Å². The fourth-order valence-electron chi connectivity index (χ4n) is 1.42. The number of hydrogen-bond acceptors (Lipinski definition) is 3. The van der Waals surface area contributed by atoms with Crippen molar-refractivity contribution in [3.8, 4) is 0 Å². The number of nitrogens with one attached hydrogen (secondary N) is 2. The number of carboxylic acids is 1. The molecule has 3 N–H and O–H groups in total. The molecule has 2 amide bonds. The van der Waals surface area contributed by atoms with E-state index in [1.54, 1.807) is 12.3 Å². The Balaban J connectivity index is 1.95. The fraction of sp³-hybridized carbons (Fsp3) is 0.500. The van der Waals surface area contributed by atoms with Crippen molar-refractivity contribution in [3.63, 3.8) is 0 Å². The number of carbonyl (C=O) groups excluding carboxylic acids is 1. The second-order valence-corrected chi connectivity index (χ2v) is 3.86. The number of amides is 2. The van der Waals surface area contributed by atoms with Crippen LogP contribution in [0.2, 0.25) is 0 Å². The van der Waals surface area contributed by atoms with Crippen LogP contribution >= 0.6 is 0 Å². The van der Waals surface area contributed by atoms with Gasteiger partial charge in [-0.3, -0.25) is 4.79 Å². The number of carboxylic acid groups (broad SMARTS) is 1. The lowest BCUT2D eigenvalue weighted by Gasteiger charge is -2.06. The first-order chi connectivity index (χ1) is 8.68. The minimum absolute atomic E-state index is 0.141. The summed E-state index contributed by atoms with van der Waals surface area (Å²) in [6, 6.07) is 3.42. The highest BCUT2D eigenvalue weighted by atomic mass is 16.4. The SMILES string of the molecule is O=C(O)CCCCNC(=O)NCCc1ccco1. The highest BCUT2D eigenvalue weighted by Gasteiger charge is 2.01. The zero-order valence-corrected chi connectivity index (χ0v) is 10.1. The van der Waals surface area contributed by atoms with Crippen LogP contribution in [0.5, 0.6) is 0 Å². The van der Waals surface area contributed by atoms with Gasteiger partial charge in [0.25, 0.3) is 0 Å². The van der Waals surface area contributed by atoms with E-state index in [9.17, 15) is 9.59 Å². The third kappa shape index (κ3) is 6.57. The molecule has 0 radical (unpaired) electrons. The van der Waals surface area contributed by atoms with Crippen LogP contribution in [0.1, 0.15) is 25.0 Å². The Bertz CT molecular complexity index is 362. The molecule has 6 heteroatoms. The van der Waals surface area contributed by atoms with Crippen molar-refractivity contribution in [2.24, 2.45) is 0 Å². The van der Waals surface area contributed by atoms with Crippen LogP contribution in [0.15, 0.2) is 22.8 Å². The summed E-state index contributed by atoms with van der Waals surface area (Å²) in [6.45, 7) is 0.994. The van der Waals surface area contributed by atoms with Crippen molar-refractivity contribution < 1.29 is 19.1 Å².